The molecule has 0 saturated carbocycles. The molecule has 1 aromatic heterocycles. The van der Waals surface area contributed by atoms with E-state index in [9.17, 15) is 9.59 Å². The maximum atomic E-state index is 12.2. The summed E-state index contributed by atoms with van der Waals surface area (Å²) in [7, 11) is 1.53. The summed E-state index contributed by atoms with van der Waals surface area (Å²) >= 11 is 11.7. The highest BCUT2D eigenvalue weighted by atomic mass is 35.5. The van der Waals surface area contributed by atoms with E-state index in [4.69, 9.17) is 23.2 Å². The van der Waals surface area contributed by atoms with E-state index in [-0.39, 0.29) is 21.6 Å². The topological polar surface area (TPSA) is 71.1 Å². The average molecular weight is 324 g/mol. The third-order valence-corrected chi connectivity index (χ3v) is 3.18. The van der Waals surface area contributed by atoms with Crippen molar-refractivity contribution < 1.29 is 9.59 Å². The number of hydrogen-bond donors (Lipinski definition) is 2. The Morgan fingerprint density at radius 1 is 1.14 bits per heavy atom. The molecular weight excluding hydrogens is 313 g/mol. The Kier molecular flexibility index (Phi) is 4.77. The normalized spacial score (nSPS) is 10.0. The van der Waals surface area contributed by atoms with Gasteiger partial charge in [0.1, 0.15) is 5.15 Å². The Morgan fingerprint density at radius 2 is 1.90 bits per heavy atom. The van der Waals surface area contributed by atoms with Gasteiger partial charge in [0.05, 0.1) is 10.6 Å². The Labute approximate surface area is 131 Å². The van der Waals surface area contributed by atoms with Crippen molar-refractivity contribution in [3.05, 3.63) is 57.8 Å². The van der Waals surface area contributed by atoms with E-state index < -0.39 is 5.91 Å². The van der Waals surface area contributed by atoms with Crippen LogP contribution >= 0.6 is 23.2 Å². The minimum Gasteiger partial charge on any atom is -0.355 e. The second-order valence-electron chi connectivity index (χ2n) is 4.10. The molecule has 2 N–H and O–H groups in total. The van der Waals surface area contributed by atoms with E-state index in [0.717, 1.165) is 0 Å². The lowest BCUT2D eigenvalue weighted by atomic mass is 10.1. The van der Waals surface area contributed by atoms with Crippen LogP contribution in [-0.2, 0) is 0 Å². The first-order valence-electron chi connectivity index (χ1n) is 5.96. The fraction of sp³-hybridized carbons (Fsp3) is 0.0714. The minimum atomic E-state index is -0.432. The summed E-state index contributed by atoms with van der Waals surface area (Å²) in [5, 5.41) is 5.53. The molecule has 0 aliphatic heterocycles. The zero-order valence-corrected chi connectivity index (χ0v) is 12.5. The highest BCUT2D eigenvalue weighted by Gasteiger charge is 2.13. The van der Waals surface area contributed by atoms with E-state index in [0.29, 0.717) is 11.3 Å². The number of benzene rings is 1. The van der Waals surface area contributed by atoms with Crippen LogP contribution in [0.4, 0.5) is 5.69 Å². The lowest BCUT2D eigenvalue weighted by Crippen LogP contribution is -2.18. The van der Waals surface area contributed by atoms with Gasteiger partial charge in [-0.3, -0.25) is 9.59 Å². The fourth-order valence-corrected chi connectivity index (χ4v) is 2.02. The standard InChI is InChI=1S/C14H11Cl2N3O2/c1-17-13(20)8-3-2-4-9(5-8)19-14(21)10-6-12(16)18-7-11(10)15/h2-7H,1H3,(H,17,20)(H,19,21). The van der Waals surface area contributed by atoms with E-state index in [1.165, 1.54) is 19.3 Å². The molecule has 1 heterocycles. The number of pyridine rings is 1. The summed E-state index contributed by atoms with van der Waals surface area (Å²) in [6.07, 6.45) is 1.31. The zero-order valence-electron chi connectivity index (χ0n) is 11.0. The van der Waals surface area contributed by atoms with Crippen molar-refractivity contribution in [2.45, 2.75) is 0 Å². The van der Waals surface area contributed by atoms with Crippen LogP contribution in [0.25, 0.3) is 0 Å². The van der Waals surface area contributed by atoms with E-state index in [1.807, 2.05) is 0 Å². The van der Waals surface area contributed by atoms with Gasteiger partial charge in [-0.15, -0.1) is 0 Å². The molecule has 7 heteroatoms. The highest BCUT2D eigenvalue weighted by molar-refractivity contribution is 6.35. The van der Waals surface area contributed by atoms with Gasteiger partial charge in [-0.1, -0.05) is 29.3 Å². The Morgan fingerprint density at radius 3 is 2.62 bits per heavy atom. The van der Waals surface area contributed by atoms with Crippen molar-refractivity contribution in [2.75, 3.05) is 12.4 Å². The van der Waals surface area contributed by atoms with Crippen LogP contribution in [0.3, 0.4) is 0 Å². The van der Waals surface area contributed by atoms with Gasteiger partial charge in [-0.25, -0.2) is 4.98 Å². The fourth-order valence-electron chi connectivity index (χ4n) is 1.67. The van der Waals surface area contributed by atoms with Gasteiger partial charge in [-0.05, 0) is 24.3 Å². The number of hydrogen-bond acceptors (Lipinski definition) is 3. The molecule has 0 aliphatic rings. The van der Waals surface area contributed by atoms with Crippen molar-refractivity contribution in [1.82, 2.24) is 10.3 Å². The highest BCUT2D eigenvalue weighted by Crippen LogP contribution is 2.20. The summed E-state index contributed by atoms with van der Waals surface area (Å²) in [4.78, 5) is 27.5. The summed E-state index contributed by atoms with van der Waals surface area (Å²) < 4.78 is 0. The van der Waals surface area contributed by atoms with Crippen molar-refractivity contribution in [3.63, 3.8) is 0 Å². The number of aromatic nitrogens is 1. The maximum Gasteiger partial charge on any atom is 0.257 e. The molecule has 2 rings (SSSR count). The van der Waals surface area contributed by atoms with Crippen molar-refractivity contribution in [3.8, 4) is 0 Å². The number of anilines is 1. The van der Waals surface area contributed by atoms with Crippen molar-refractivity contribution >= 4 is 40.7 Å². The first-order valence-corrected chi connectivity index (χ1v) is 6.71. The third-order valence-electron chi connectivity index (χ3n) is 2.68. The van der Waals surface area contributed by atoms with Crippen LogP contribution in [-0.4, -0.2) is 23.8 Å². The van der Waals surface area contributed by atoms with Gasteiger partial charge in [0, 0.05) is 24.5 Å². The molecule has 2 amide bonds. The smallest absolute Gasteiger partial charge is 0.257 e. The lowest BCUT2D eigenvalue weighted by molar-refractivity contribution is 0.0961. The number of carbonyl (C=O) groups is 2. The zero-order chi connectivity index (χ0) is 15.4. The molecule has 21 heavy (non-hydrogen) atoms. The molecule has 0 fully saturated rings. The lowest BCUT2D eigenvalue weighted by Gasteiger charge is -2.08. The SMILES string of the molecule is CNC(=O)c1cccc(NC(=O)c2cc(Cl)ncc2Cl)c1. The van der Waals surface area contributed by atoms with Gasteiger partial charge < -0.3 is 10.6 Å². The molecule has 0 spiro atoms. The minimum absolute atomic E-state index is 0.170. The number of halogens is 2. The van der Waals surface area contributed by atoms with Crippen LogP contribution < -0.4 is 10.6 Å². The quantitative estimate of drug-likeness (QED) is 0.853. The molecule has 0 saturated heterocycles. The number of amides is 2. The van der Waals surface area contributed by atoms with E-state index in [1.54, 1.807) is 24.3 Å². The van der Waals surface area contributed by atoms with Gasteiger partial charge in [-0.2, -0.15) is 0 Å². The molecule has 1 aromatic carbocycles. The molecule has 0 radical (unpaired) electrons. The van der Waals surface area contributed by atoms with Crippen LogP contribution in [0, 0.1) is 0 Å². The van der Waals surface area contributed by atoms with E-state index in [2.05, 4.69) is 15.6 Å². The molecule has 5 nitrogen and oxygen atoms in total. The Hall–Kier alpha value is -2.11. The van der Waals surface area contributed by atoms with Gasteiger partial charge in [0.2, 0.25) is 0 Å². The summed E-state index contributed by atoms with van der Waals surface area (Å²) in [6.45, 7) is 0. The molecule has 0 atom stereocenters. The van der Waals surface area contributed by atoms with Crippen LogP contribution in [0.1, 0.15) is 20.7 Å². The van der Waals surface area contributed by atoms with Crippen molar-refractivity contribution in [2.24, 2.45) is 0 Å². The Bertz CT molecular complexity index is 704. The maximum absolute atomic E-state index is 12.2. The summed E-state index contributed by atoms with van der Waals surface area (Å²) in [6, 6.07) is 7.92. The number of nitrogens with zero attached hydrogens (tertiary/aromatic N) is 1. The van der Waals surface area contributed by atoms with Crippen LogP contribution in [0.15, 0.2) is 36.5 Å². The predicted molar refractivity (Wildman–Crippen MR) is 82.0 cm³/mol. The predicted octanol–water partition coefficient (Wildman–Crippen LogP) is 3.00. The van der Waals surface area contributed by atoms with E-state index >= 15 is 0 Å². The Balaban J connectivity index is 2.23. The van der Waals surface area contributed by atoms with Crippen molar-refractivity contribution in [1.29, 1.82) is 0 Å². The van der Waals surface area contributed by atoms with Gasteiger partial charge in [0.25, 0.3) is 11.8 Å². The molecule has 0 aliphatic carbocycles. The monoisotopic (exact) mass is 323 g/mol. The summed E-state index contributed by atoms with van der Waals surface area (Å²) in [5.41, 5.74) is 1.13. The molecule has 108 valence electrons. The van der Waals surface area contributed by atoms with Gasteiger partial charge >= 0.3 is 0 Å². The largest absolute Gasteiger partial charge is 0.355 e. The summed E-state index contributed by atoms with van der Waals surface area (Å²) in [5.74, 6) is -0.672. The number of carbonyl (C=O) groups excluding carboxylic acids is 2. The first-order chi connectivity index (χ1) is 10.0. The van der Waals surface area contributed by atoms with Crippen LogP contribution in [0.2, 0.25) is 10.2 Å². The van der Waals surface area contributed by atoms with Crippen LogP contribution in [0.5, 0.6) is 0 Å². The second kappa shape index (κ2) is 6.56. The number of nitrogens with one attached hydrogen (secondary N) is 2. The molecule has 0 bridgehead atoms. The average Bonchev–Trinajstić information content (AvgIpc) is 2.49. The molecule has 0 unspecified atom stereocenters. The molecule has 2 aromatic rings. The molecular formula is C14H11Cl2N3O2. The first kappa shape index (κ1) is 15.3. The number of rotatable bonds is 3. The second-order valence-corrected chi connectivity index (χ2v) is 4.90. The van der Waals surface area contributed by atoms with Gasteiger partial charge in [0.15, 0.2) is 0 Å². The third kappa shape index (κ3) is 3.71.